The van der Waals surface area contributed by atoms with E-state index >= 15 is 0 Å². The average Bonchev–Trinajstić information content (AvgIpc) is 2.27. The first-order valence-corrected chi connectivity index (χ1v) is 5.34. The maximum absolute atomic E-state index is 11.7. The third-order valence-corrected chi connectivity index (χ3v) is 2.49. The Hall–Kier alpha value is -1.68. The molecule has 4 nitrogen and oxygen atoms in total. The third kappa shape index (κ3) is 3.67. The number of carbonyl (C=O) groups excluding carboxylic acids is 1. The van der Waals surface area contributed by atoms with E-state index in [-0.39, 0.29) is 5.78 Å². The third-order valence-electron chi connectivity index (χ3n) is 2.24. The summed E-state index contributed by atoms with van der Waals surface area (Å²) in [5, 5.41) is 11.2. The fourth-order valence-electron chi connectivity index (χ4n) is 1.05. The highest BCUT2D eigenvalue weighted by atomic mass is 35.5. The van der Waals surface area contributed by atoms with Gasteiger partial charge in [0.15, 0.2) is 5.78 Å². The Morgan fingerprint density at radius 2 is 1.88 bits per heavy atom. The van der Waals surface area contributed by atoms with Crippen molar-refractivity contribution in [2.24, 2.45) is 0 Å². The van der Waals surface area contributed by atoms with E-state index in [1.165, 1.54) is 26.0 Å². The smallest absolute Gasteiger partial charge is 0.235 e. The van der Waals surface area contributed by atoms with Gasteiger partial charge in [-0.3, -0.25) is 14.9 Å². The van der Waals surface area contributed by atoms with Crippen LogP contribution in [0.2, 0.25) is 5.02 Å². The molecule has 0 atom stereocenters. The van der Waals surface area contributed by atoms with E-state index in [0.29, 0.717) is 10.6 Å². The van der Waals surface area contributed by atoms with Gasteiger partial charge in [-0.25, -0.2) is 0 Å². The summed E-state index contributed by atoms with van der Waals surface area (Å²) in [6.45, 7) is 2.86. The Labute approximate surface area is 104 Å². The van der Waals surface area contributed by atoms with Crippen LogP contribution in [0.1, 0.15) is 24.2 Å². The number of rotatable bonds is 4. The largest absolute Gasteiger partial charge is 0.289 e. The summed E-state index contributed by atoms with van der Waals surface area (Å²) in [6, 6.07) is 6.35. The second-order valence-electron chi connectivity index (χ2n) is 4.12. The predicted octanol–water partition coefficient (Wildman–Crippen LogP) is 3.13. The van der Waals surface area contributed by atoms with Gasteiger partial charge >= 0.3 is 0 Å². The average molecular weight is 254 g/mol. The zero-order valence-corrected chi connectivity index (χ0v) is 10.3. The highest BCUT2D eigenvalue weighted by Crippen LogP contribution is 2.13. The molecule has 0 aliphatic carbocycles. The normalized spacial score (nSPS) is 11.7. The standard InChI is InChI=1S/C12H12ClNO3/c1-12(2,14(16)17)8-7-11(15)9-3-5-10(13)6-4-9/h3-8H,1-2H3/b8-7+. The van der Waals surface area contributed by atoms with Crippen molar-refractivity contribution in [1.82, 2.24) is 0 Å². The van der Waals surface area contributed by atoms with Crippen LogP contribution in [0, 0.1) is 10.1 Å². The van der Waals surface area contributed by atoms with Crippen LogP contribution in [0.5, 0.6) is 0 Å². The number of halogens is 1. The molecule has 0 unspecified atom stereocenters. The summed E-state index contributed by atoms with van der Waals surface area (Å²) < 4.78 is 0. The van der Waals surface area contributed by atoms with Crippen LogP contribution in [0.25, 0.3) is 0 Å². The maximum atomic E-state index is 11.7. The number of hydrogen-bond acceptors (Lipinski definition) is 3. The van der Waals surface area contributed by atoms with Crippen molar-refractivity contribution < 1.29 is 9.72 Å². The number of nitro groups is 1. The molecule has 0 fully saturated rings. The van der Waals surface area contributed by atoms with Gasteiger partial charge in [0.1, 0.15) is 0 Å². The molecule has 1 aromatic carbocycles. The summed E-state index contributed by atoms with van der Waals surface area (Å²) in [5.74, 6) is -0.281. The fourth-order valence-corrected chi connectivity index (χ4v) is 1.18. The van der Waals surface area contributed by atoms with Gasteiger partial charge in [-0.2, -0.15) is 0 Å². The first-order valence-electron chi connectivity index (χ1n) is 4.96. The summed E-state index contributed by atoms with van der Waals surface area (Å²) in [5.41, 5.74) is -0.799. The van der Waals surface area contributed by atoms with Crippen LogP contribution < -0.4 is 0 Å². The Kier molecular flexibility index (Phi) is 4.02. The molecular formula is C12H12ClNO3. The van der Waals surface area contributed by atoms with Crippen LogP contribution >= 0.6 is 11.6 Å². The molecule has 0 aromatic heterocycles. The number of benzene rings is 1. The monoisotopic (exact) mass is 253 g/mol. The molecule has 0 aliphatic heterocycles. The molecule has 0 saturated carbocycles. The van der Waals surface area contributed by atoms with Crippen molar-refractivity contribution in [3.8, 4) is 0 Å². The molecule has 0 radical (unpaired) electrons. The van der Waals surface area contributed by atoms with Gasteiger partial charge < -0.3 is 0 Å². The molecule has 0 amide bonds. The van der Waals surface area contributed by atoms with Crippen LogP contribution in [0.3, 0.4) is 0 Å². The van der Waals surface area contributed by atoms with Crippen molar-refractivity contribution >= 4 is 17.4 Å². The molecular weight excluding hydrogens is 242 g/mol. The molecule has 1 rings (SSSR count). The lowest BCUT2D eigenvalue weighted by Gasteiger charge is -2.09. The molecule has 0 spiro atoms. The summed E-state index contributed by atoms with van der Waals surface area (Å²) in [6.07, 6.45) is 2.50. The number of hydrogen-bond donors (Lipinski definition) is 0. The summed E-state index contributed by atoms with van der Waals surface area (Å²) in [7, 11) is 0. The number of allylic oxidation sites excluding steroid dienone is 1. The molecule has 0 heterocycles. The van der Waals surface area contributed by atoms with Gasteiger partial charge in [0.05, 0.1) is 0 Å². The van der Waals surface area contributed by atoms with Crippen LogP contribution in [-0.4, -0.2) is 16.2 Å². The van der Waals surface area contributed by atoms with Crippen molar-refractivity contribution in [2.75, 3.05) is 0 Å². The maximum Gasteiger partial charge on any atom is 0.235 e. The Morgan fingerprint density at radius 1 is 1.35 bits per heavy atom. The highest BCUT2D eigenvalue weighted by molar-refractivity contribution is 6.30. The van der Waals surface area contributed by atoms with E-state index in [9.17, 15) is 14.9 Å². The second-order valence-corrected chi connectivity index (χ2v) is 4.55. The lowest BCUT2D eigenvalue weighted by atomic mass is 10.0. The minimum absolute atomic E-state index is 0.281. The van der Waals surface area contributed by atoms with E-state index in [1.54, 1.807) is 24.3 Å². The van der Waals surface area contributed by atoms with Crippen LogP contribution in [0.4, 0.5) is 0 Å². The molecule has 0 aliphatic rings. The van der Waals surface area contributed by atoms with Crippen molar-refractivity contribution in [2.45, 2.75) is 19.4 Å². The minimum atomic E-state index is -1.25. The van der Waals surface area contributed by atoms with E-state index in [1.807, 2.05) is 0 Å². The Balaban J connectivity index is 2.83. The first kappa shape index (κ1) is 13.4. The quantitative estimate of drug-likeness (QED) is 0.358. The molecule has 0 bridgehead atoms. The van der Waals surface area contributed by atoms with Crippen LogP contribution in [-0.2, 0) is 0 Å². The van der Waals surface area contributed by atoms with Crippen molar-refractivity contribution in [1.29, 1.82) is 0 Å². The second kappa shape index (κ2) is 5.10. The van der Waals surface area contributed by atoms with Crippen molar-refractivity contribution in [3.63, 3.8) is 0 Å². The fraction of sp³-hybridized carbons (Fsp3) is 0.250. The minimum Gasteiger partial charge on any atom is -0.289 e. The number of ketones is 1. The number of carbonyl (C=O) groups is 1. The molecule has 1 aromatic rings. The van der Waals surface area contributed by atoms with Gasteiger partial charge in [0.25, 0.3) is 0 Å². The Morgan fingerprint density at radius 3 is 2.35 bits per heavy atom. The lowest BCUT2D eigenvalue weighted by molar-refractivity contribution is -0.545. The van der Waals surface area contributed by atoms with Gasteiger partial charge in [-0.15, -0.1) is 0 Å². The van der Waals surface area contributed by atoms with Gasteiger partial charge in [0, 0.05) is 29.4 Å². The topological polar surface area (TPSA) is 60.2 Å². The van der Waals surface area contributed by atoms with E-state index in [0.717, 1.165) is 0 Å². The van der Waals surface area contributed by atoms with Gasteiger partial charge in [-0.05, 0) is 36.4 Å². The lowest BCUT2D eigenvalue weighted by Crippen LogP contribution is -2.28. The zero-order valence-electron chi connectivity index (χ0n) is 9.51. The van der Waals surface area contributed by atoms with Crippen molar-refractivity contribution in [3.05, 3.63) is 57.1 Å². The first-order chi connectivity index (χ1) is 7.83. The highest BCUT2D eigenvalue weighted by Gasteiger charge is 2.26. The van der Waals surface area contributed by atoms with Gasteiger partial charge in [0.2, 0.25) is 5.54 Å². The molecule has 90 valence electrons. The SMILES string of the molecule is CC(C)(/C=C/C(=O)c1ccc(Cl)cc1)[N+](=O)[O-]. The van der Waals surface area contributed by atoms with Crippen LogP contribution in [0.15, 0.2) is 36.4 Å². The van der Waals surface area contributed by atoms with E-state index in [2.05, 4.69) is 0 Å². The number of nitrogens with zero attached hydrogens (tertiary/aromatic N) is 1. The molecule has 0 N–H and O–H groups in total. The Bertz CT molecular complexity index is 463. The molecule has 17 heavy (non-hydrogen) atoms. The molecule has 5 heteroatoms. The predicted molar refractivity (Wildman–Crippen MR) is 66.0 cm³/mol. The summed E-state index contributed by atoms with van der Waals surface area (Å²) in [4.78, 5) is 21.9. The van der Waals surface area contributed by atoms with E-state index < -0.39 is 10.5 Å². The van der Waals surface area contributed by atoms with Gasteiger partial charge in [-0.1, -0.05) is 11.6 Å². The van der Waals surface area contributed by atoms with E-state index in [4.69, 9.17) is 11.6 Å². The zero-order chi connectivity index (χ0) is 13.1. The summed E-state index contributed by atoms with van der Waals surface area (Å²) >= 11 is 5.69. The molecule has 0 saturated heterocycles.